The van der Waals surface area contributed by atoms with Gasteiger partial charge in [-0.15, -0.1) is 0 Å². The first-order valence-corrected chi connectivity index (χ1v) is 8.68. The zero-order valence-electron chi connectivity index (χ0n) is 11.8. The van der Waals surface area contributed by atoms with Gasteiger partial charge in [-0.2, -0.15) is 0 Å². The van der Waals surface area contributed by atoms with Crippen LogP contribution in [0.25, 0.3) is 0 Å². The summed E-state index contributed by atoms with van der Waals surface area (Å²) in [5.41, 5.74) is 0. The Bertz CT molecular complexity index is 397. The Morgan fingerprint density at radius 3 is 2.68 bits per heavy atom. The van der Waals surface area contributed by atoms with Crippen LogP contribution in [0.15, 0.2) is 0 Å². The monoisotopic (exact) mass is 292 g/mol. The molecule has 1 aliphatic rings. The van der Waals surface area contributed by atoms with Gasteiger partial charge in [0.1, 0.15) is 9.84 Å². The van der Waals surface area contributed by atoms with Gasteiger partial charge in [0.05, 0.1) is 24.9 Å². The number of ether oxygens (including phenoxy) is 1. The normalized spacial score (nSPS) is 25.2. The molecule has 0 spiro atoms. The molecule has 3 atom stereocenters. The van der Waals surface area contributed by atoms with Gasteiger partial charge < -0.3 is 15.4 Å². The lowest BCUT2D eigenvalue weighted by Crippen LogP contribution is -2.47. The van der Waals surface area contributed by atoms with Crippen molar-refractivity contribution >= 4 is 15.7 Å². The molecular formula is C12H24N2O4S. The topological polar surface area (TPSA) is 84.5 Å². The molecule has 0 aromatic carbocycles. The molecule has 1 rings (SSSR count). The van der Waals surface area contributed by atoms with E-state index in [4.69, 9.17) is 4.74 Å². The van der Waals surface area contributed by atoms with E-state index in [-0.39, 0.29) is 29.7 Å². The molecule has 112 valence electrons. The molecule has 6 nitrogen and oxygen atoms in total. The first-order chi connectivity index (χ1) is 8.83. The Balaban J connectivity index is 2.47. The first kappa shape index (κ1) is 16.4. The van der Waals surface area contributed by atoms with Crippen molar-refractivity contribution in [2.75, 3.05) is 31.8 Å². The van der Waals surface area contributed by atoms with E-state index in [0.717, 1.165) is 13.0 Å². The fourth-order valence-electron chi connectivity index (χ4n) is 2.19. The number of rotatable bonds is 7. The molecular weight excluding hydrogens is 268 g/mol. The third-order valence-corrected chi connectivity index (χ3v) is 4.12. The Labute approximate surface area is 115 Å². The molecule has 0 bridgehead atoms. The van der Waals surface area contributed by atoms with Crippen molar-refractivity contribution < 1.29 is 17.9 Å². The highest BCUT2D eigenvalue weighted by atomic mass is 32.2. The van der Waals surface area contributed by atoms with Crippen molar-refractivity contribution in [2.45, 2.75) is 32.4 Å². The van der Waals surface area contributed by atoms with Crippen LogP contribution in [0.2, 0.25) is 0 Å². The van der Waals surface area contributed by atoms with Crippen LogP contribution in [0.1, 0.15) is 20.3 Å². The van der Waals surface area contributed by atoms with Crippen molar-refractivity contribution in [3.8, 4) is 0 Å². The second kappa shape index (κ2) is 7.21. The Morgan fingerprint density at radius 2 is 2.11 bits per heavy atom. The van der Waals surface area contributed by atoms with E-state index in [2.05, 4.69) is 17.6 Å². The van der Waals surface area contributed by atoms with Crippen LogP contribution >= 0.6 is 0 Å². The SMILES string of the molecule is CCCNC1COCC1C(=O)NC(C)CS(C)(=O)=O. The summed E-state index contributed by atoms with van der Waals surface area (Å²) in [7, 11) is -3.08. The number of hydrogen-bond donors (Lipinski definition) is 2. The maximum Gasteiger partial charge on any atom is 0.227 e. The number of hydrogen-bond acceptors (Lipinski definition) is 5. The van der Waals surface area contributed by atoms with Crippen LogP contribution in [0.3, 0.4) is 0 Å². The van der Waals surface area contributed by atoms with Gasteiger partial charge in [0.2, 0.25) is 5.91 Å². The minimum atomic E-state index is -3.08. The van der Waals surface area contributed by atoms with E-state index in [9.17, 15) is 13.2 Å². The molecule has 0 aliphatic carbocycles. The molecule has 19 heavy (non-hydrogen) atoms. The molecule has 1 saturated heterocycles. The predicted molar refractivity (Wildman–Crippen MR) is 73.7 cm³/mol. The van der Waals surface area contributed by atoms with Gasteiger partial charge in [-0.1, -0.05) is 6.92 Å². The second-order valence-corrected chi connectivity index (χ2v) is 7.39. The number of carbonyl (C=O) groups is 1. The molecule has 0 aromatic rings. The number of carbonyl (C=O) groups excluding carboxylic acids is 1. The summed E-state index contributed by atoms with van der Waals surface area (Å²) in [6, 6.07) is -0.361. The van der Waals surface area contributed by atoms with Crippen LogP contribution < -0.4 is 10.6 Å². The lowest BCUT2D eigenvalue weighted by molar-refractivity contribution is -0.125. The van der Waals surface area contributed by atoms with E-state index in [1.165, 1.54) is 6.26 Å². The van der Waals surface area contributed by atoms with Crippen LogP contribution in [0, 0.1) is 5.92 Å². The molecule has 1 heterocycles. The minimum absolute atomic E-state index is 0.0189. The molecule has 1 aliphatic heterocycles. The number of amides is 1. The van der Waals surface area contributed by atoms with Gasteiger partial charge >= 0.3 is 0 Å². The van der Waals surface area contributed by atoms with Gasteiger partial charge in [0.15, 0.2) is 0 Å². The summed E-state index contributed by atoms with van der Waals surface area (Å²) in [5.74, 6) is -0.421. The third-order valence-electron chi connectivity index (χ3n) is 3.02. The van der Waals surface area contributed by atoms with Crippen LogP contribution in [-0.2, 0) is 19.4 Å². The molecule has 0 radical (unpaired) electrons. The van der Waals surface area contributed by atoms with Crippen LogP contribution in [-0.4, -0.2) is 58.2 Å². The van der Waals surface area contributed by atoms with Gasteiger partial charge in [-0.3, -0.25) is 4.79 Å². The van der Waals surface area contributed by atoms with E-state index in [0.29, 0.717) is 13.2 Å². The summed E-state index contributed by atoms with van der Waals surface area (Å²) < 4.78 is 27.7. The van der Waals surface area contributed by atoms with Crippen LogP contribution in [0.5, 0.6) is 0 Å². The van der Waals surface area contributed by atoms with Gasteiger partial charge in [0.25, 0.3) is 0 Å². The molecule has 0 saturated carbocycles. The minimum Gasteiger partial charge on any atom is -0.379 e. The smallest absolute Gasteiger partial charge is 0.227 e. The average molecular weight is 292 g/mol. The highest BCUT2D eigenvalue weighted by Gasteiger charge is 2.34. The summed E-state index contributed by atoms with van der Waals surface area (Å²) in [5, 5.41) is 6.03. The Hall–Kier alpha value is -0.660. The second-order valence-electron chi connectivity index (χ2n) is 5.21. The third kappa shape index (κ3) is 5.88. The zero-order chi connectivity index (χ0) is 14.5. The maximum absolute atomic E-state index is 12.1. The van der Waals surface area contributed by atoms with E-state index >= 15 is 0 Å². The molecule has 1 amide bonds. The summed E-state index contributed by atoms with van der Waals surface area (Å²) in [6.07, 6.45) is 2.16. The van der Waals surface area contributed by atoms with Gasteiger partial charge in [-0.25, -0.2) is 8.42 Å². The zero-order valence-corrected chi connectivity index (χ0v) is 12.6. The lowest BCUT2D eigenvalue weighted by atomic mass is 10.0. The fourth-order valence-corrected chi connectivity index (χ4v) is 3.18. The summed E-state index contributed by atoms with van der Waals surface area (Å²) in [4.78, 5) is 12.1. The summed E-state index contributed by atoms with van der Waals surface area (Å²) in [6.45, 7) is 5.52. The first-order valence-electron chi connectivity index (χ1n) is 6.62. The Kier molecular flexibility index (Phi) is 6.22. The van der Waals surface area contributed by atoms with Gasteiger partial charge in [-0.05, 0) is 19.9 Å². The predicted octanol–water partition coefficient (Wildman–Crippen LogP) is -0.450. The molecule has 7 heteroatoms. The molecule has 1 fully saturated rings. The quantitative estimate of drug-likeness (QED) is 0.664. The van der Waals surface area contributed by atoms with E-state index < -0.39 is 9.84 Å². The standard InChI is InChI=1S/C12H24N2O4S/c1-4-5-13-11-7-18-6-10(11)12(15)14-9(2)8-19(3,16)17/h9-11,13H,4-8H2,1-3H3,(H,14,15). The highest BCUT2D eigenvalue weighted by molar-refractivity contribution is 7.90. The van der Waals surface area contributed by atoms with E-state index in [1.807, 2.05) is 0 Å². The van der Waals surface area contributed by atoms with E-state index in [1.54, 1.807) is 6.92 Å². The van der Waals surface area contributed by atoms with Crippen molar-refractivity contribution in [3.05, 3.63) is 0 Å². The maximum atomic E-state index is 12.1. The number of nitrogens with one attached hydrogen (secondary N) is 2. The van der Waals surface area contributed by atoms with Crippen molar-refractivity contribution in [1.29, 1.82) is 0 Å². The molecule has 3 unspecified atom stereocenters. The Morgan fingerprint density at radius 1 is 1.42 bits per heavy atom. The lowest BCUT2D eigenvalue weighted by Gasteiger charge is -2.20. The van der Waals surface area contributed by atoms with Gasteiger partial charge in [0, 0.05) is 18.3 Å². The van der Waals surface area contributed by atoms with Crippen LogP contribution in [0.4, 0.5) is 0 Å². The van der Waals surface area contributed by atoms with Crippen molar-refractivity contribution in [3.63, 3.8) is 0 Å². The highest BCUT2D eigenvalue weighted by Crippen LogP contribution is 2.14. The summed E-state index contributed by atoms with van der Waals surface area (Å²) >= 11 is 0. The molecule has 0 aromatic heterocycles. The fraction of sp³-hybridized carbons (Fsp3) is 0.917. The molecule has 2 N–H and O–H groups in total. The van der Waals surface area contributed by atoms with Crippen molar-refractivity contribution in [2.24, 2.45) is 5.92 Å². The number of sulfone groups is 1. The average Bonchev–Trinajstić information content (AvgIpc) is 2.71. The largest absolute Gasteiger partial charge is 0.379 e. The van der Waals surface area contributed by atoms with Crippen molar-refractivity contribution in [1.82, 2.24) is 10.6 Å².